The van der Waals surface area contributed by atoms with Crippen LogP contribution in [0.2, 0.25) is 0 Å². The van der Waals surface area contributed by atoms with Gasteiger partial charge in [0.25, 0.3) is 0 Å². The minimum Gasteiger partial charge on any atom is -0.465 e. The van der Waals surface area contributed by atoms with Crippen molar-refractivity contribution in [3.8, 4) is 0 Å². The van der Waals surface area contributed by atoms with E-state index < -0.39 is 17.9 Å². The summed E-state index contributed by atoms with van der Waals surface area (Å²) >= 11 is 0. The summed E-state index contributed by atoms with van der Waals surface area (Å²) in [5, 5.41) is 0. The lowest BCUT2D eigenvalue weighted by Gasteiger charge is -2.22. The fourth-order valence-electron chi connectivity index (χ4n) is 3.27. The molecule has 27 heavy (non-hydrogen) atoms. The third-order valence-corrected chi connectivity index (χ3v) is 4.57. The number of carbonyl (C=O) groups excluding carboxylic acids is 3. The molecule has 2 aliphatic rings. The molecule has 5 nitrogen and oxygen atoms in total. The van der Waals surface area contributed by atoms with Gasteiger partial charge in [0.15, 0.2) is 5.92 Å². The molecule has 0 radical (unpaired) electrons. The molecule has 2 rings (SSSR count). The maximum Gasteiger partial charge on any atom is 0.324 e. The van der Waals surface area contributed by atoms with E-state index in [2.05, 4.69) is 6.08 Å². The summed E-state index contributed by atoms with van der Waals surface area (Å²) in [5.74, 6) is -1.51. The standard InChI is InChI=1S/C20H26O5.C2H6/c1-3-24-19(22)18(20(23)25-4-2)16-7-5-6-14(8-9-16)15-10-12-17(21)13-11-15;1-2/h6-9,15,18H,3-5,10-13H2,1-2H3;1-2H3. The van der Waals surface area contributed by atoms with E-state index in [0.29, 0.717) is 36.5 Å². The number of esters is 2. The lowest BCUT2D eigenvalue weighted by Crippen LogP contribution is -2.29. The highest BCUT2D eigenvalue weighted by molar-refractivity contribution is 5.98. The van der Waals surface area contributed by atoms with Crippen molar-refractivity contribution < 1.29 is 23.9 Å². The second-order valence-electron chi connectivity index (χ2n) is 6.23. The van der Waals surface area contributed by atoms with Crippen LogP contribution in [0, 0.1) is 11.8 Å². The molecule has 150 valence electrons. The number of hydrogen-bond acceptors (Lipinski definition) is 5. The van der Waals surface area contributed by atoms with E-state index in [4.69, 9.17) is 9.47 Å². The molecule has 0 aromatic carbocycles. The van der Waals surface area contributed by atoms with E-state index in [1.54, 1.807) is 13.8 Å². The van der Waals surface area contributed by atoms with Gasteiger partial charge >= 0.3 is 11.9 Å². The molecule has 0 atom stereocenters. The number of ketones is 1. The van der Waals surface area contributed by atoms with Gasteiger partial charge in [-0.2, -0.15) is 0 Å². The van der Waals surface area contributed by atoms with Gasteiger partial charge in [0.1, 0.15) is 5.78 Å². The van der Waals surface area contributed by atoms with E-state index in [9.17, 15) is 14.4 Å². The number of carbonyl (C=O) groups is 3. The van der Waals surface area contributed by atoms with Crippen LogP contribution in [0.4, 0.5) is 0 Å². The quantitative estimate of drug-likeness (QED) is 0.510. The smallest absolute Gasteiger partial charge is 0.324 e. The second kappa shape index (κ2) is 12.3. The Kier molecular flexibility index (Phi) is 10.4. The summed E-state index contributed by atoms with van der Waals surface area (Å²) < 4.78 is 10.1. The van der Waals surface area contributed by atoms with Gasteiger partial charge in [-0.25, -0.2) is 0 Å². The molecule has 1 fully saturated rings. The number of rotatable bonds is 6. The molecule has 0 aliphatic heterocycles. The van der Waals surface area contributed by atoms with E-state index in [1.165, 1.54) is 5.57 Å². The monoisotopic (exact) mass is 376 g/mol. The predicted molar refractivity (Wildman–Crippen MR) is 105 cm³/mol. The molecule has 2 aliphatic carbocycles. The number of ether oxygens (including phenoxy) is 2. The number of Topliss-reactive ketones (excluding diaryl/α,β-unsaturated/α-hetero) is 1. The zero-order valence-corrected chi connectivity index (χ0v) is 17.0. The summed E-state index contributed by atoms with van der Waals surface area (Å²) in [4.78, 5) is 35.9. The Hall–Kier alpha value is -2.17. The van der Waals surface area contributed by atoms with E-state index >= 15 is 0 Å². The Balaban J connectivity index is 0.00000176. The van der Waals surface area contributed by atoms with Gasteiger partial charge in [0.05, 0.1) is 13.2 Å². The molecule has 0 spiro atoms. The Morgan fingerprint density at radius 1 is 1.00 bits per heavy atom. The zero-order chi connectivity index (χ0) is 20.2. The topological polar surface area (TPSA) is 69.7 Å². The normalized spacial score (nSPS) is 17.3. The van der Waals surface area contributed by atoms with Gasteiger partial charge in [-0.3, -0.25) is 14.4 Å². The molecular formula is C22H32O5. The first-order valence-corrected chi connectivity index (χ1v) is 10.00. The minimum absolute atomic E-state index is 0.214. The first kappa shape index (κ1) is 22.9. The second-order valence-corrected chi connectivity index (χ2v) is 6.23. The lowest BCUT2D eigenvalue weighted by molar-refractivity contribution is -0.159. The van der Waals surface area contributed by atoms with Gasteiger partial charge in [-0.05, 0) is 50.2 Å². The van der Waals surface area contributed by atoms with Crippen LogP contribution >= 0.6 is 0 Å². The van der Waals surface area contributed by atoms with Crippen molar-refractivity contribution in [2.75, 3.05) is 13.2 Å². The molecule has 0 aromatic heterocycles. The van der Waals surface area contributed by atoms with Crippen molar-refractivity contribution in [1.29, 1.82) is 0 Å². The third kappa shape index (κ3) is 6.81. The summed E-state index contributed by atoms with van der Waals surface area (Å²) in [6, 6.07) is 0. The molecule has 0 unspecified atom stereocenters. The maximum atomic E-state index is 12.2. The van der Waals surface area contributed by atoms with E-state index in [1.807, 2.05) is 32.1 Å². The minimum atomic E-state index is -1.04. The third-order valence-electron chi connectivity index (χ3n) is 4.57. The molecule has 0 heterocycles. The van der Waals surface area contributed by atoms with Crippen LogP contribution in [-0.2, 0) is 23.9 Å². The molecule has 1 saturated carbocycles. The molecule has 5 heteroatoms. The Morgan fingerprint density at radius 2 is 1.56 bits per heavy atom. The molecule has 0 N–H and O–H groups in total. The van der Waals surface area contributed by atoms with Crippen molar-refractivity contribution in [2.45, 2.75) is 59.8 Å². The number of allylic oxidation sites excluding steroid dienone is 5. The van der Waals surface area contributed by atoms with Crippen LogP contribution in [0.3, 0.4) is 0 Å². The van der Waals surface area contributed by atoms with Gasteiger partial charge in [-0.1, -0.05) is 38.2 Å². The van der Waals surface area contributed by atoms with Crippen LogP contribution in [0.25, 0.3) is 0 Å². The SMILES string of the molecule is CC.CCOC(=O)C(C(=O)OCC)C1=CCC=C(C2CCC(=O)CC2)C=C1. The highest BCUT2D eigenvalue weighted by atomic mass is 16.6. The average Bonchev–Trinajstić information content (AvgIpc) is 2.91. The van der Waals surface area contributed by atoms with Crippen LogP contribution in [0.5, 0.6) is 0 Å². The highest BCUT2D eigenvalue weighted by Gasteiger charge is 2.32. The van der Waals surface area contributed by atoms with Gasteiger partial charge in [-0.15, -0.1) is 0 Å². The van der Waals surface area contributed by atoms with Crippen LogP contribution in [0.1, 0.15) is 59.8 Å². The van der Waals surface area contributed by atoms with Crippen molar-refractivity contribution in [3.05, 3.63) is 35.5 Å². The van der Waals surface area contributed by atoms with Crippen molar-refractivity contribution in [3.63, 3.8) is 0 Å². The summed E-state index contributed by atoms with van der Waals surface area (Å²) in [6.07, 6.45) is 11.4. The summed E-state index contributed by atoms with van der Waals surface area (Å²) in [5.41, 5.74) is 1.78. The van der Waals surface area contributed by atoms with Gasteiger partial charge in [0.2, 0.25) is 0 Å². The Bertz CT molecular complexity index is 584. The highest BCUT2D eigenvalue weighted by Crippen LogP contribution is 2.31. The molecule has 0 saturated heterocycles. The summed E-state index contributed by atoms with van der Waals surface area (Å²) in [6.45, 7) is 7.85. The lowest BCUT2D eigenvalue weighted by atomic mass is 9.82. The van der Waals surface area contributed by atoms with Crippen LogP contribution in [-0.4, -0.2) is 30.9 Å². The van der Waals surface area contributed by atoms with Gasteiger partial charge < -0.3 is 9.47 Å². The van der Waals surface area contributed by atoms with Crippen molar-refractivity contribution >= 4 is 17.7 Å². The molecule has 0 bridgehead atoms. The Labute approximate surface area is 162 Å². The van der Waals surface area contributed by atoms with Crippen LogP contribution < -0.4 is 0 Å². The van der Waals surface area contributed by atoms with Crippen molar-refractivity contribution in [2.24, 2.45) is 11.8 Å². The maximum absolute atomic E-state index is 12.2. The first-order valence-electron chi connectivity index (χ1n) is 10.00. The van der Waals surface area contributed by atoms with Gasteiger partial charge in [0, 0.05) is 12.8 Å². The Morgan fingerprint density at radius 3 is 2.07 bits per heavy atom. The number of hydrogen-bond donors (Lipinski definition) is 0. The molecule has 0 aromatic rings. The van der Waals surface area contributed by atoms with E-state index in [-0.39, 0.29) is 13.2 Å². The zero-order valence-electron chi connectivity index (χ0n) is 17.0. The van der Waals surface area contributed by atoms with E-state index in [0.717, 1.165) is 12.8 Å². The largest absolute Gasteiger partial charge is 0.465 e. The van der Waals surface area contributed by atoms with Crippen LogP contribution in [0.15, 0.2) is 35.5 Å². The average molecular weight is 376 g/mol. The fraction of sp³-hybridized carbons (Fsp3) is 0.591. The first-order chi connectivity index (χ1) is 13.1. The fourth-order valence-corrected chi connectivity index (χ4v) is 3.27. The molecule has 0 amide bonds. The van der Waals surface area contributed by atoms with Crippen molar-refractivity contribution in [1.82, 2.24) is 0 Å². The summed E-state index contributed by atoms with van der Waals surface area (Å²) in [7, 11) is 0. The molecular weight excluding hydrogens is 344 g/mol. The predicted octanol–water partition coefficient (Wildman–Crippen LogP) is 4.33.